The highest BCUT2D eigenvalue weighted by Gasteiger charge is 2.75. The van der Waals surface area contributed by atoms with Crippen molar-refractivity contribution in [2.75, 3.05) is 0 Å². The van der Waals surface area contributed by atoms with E-state index < -0.39 is 47.8 Å². The molecule has 0 amide bonds. The van der Waals surface area contributed by atoms with E-state index in [0.717, 1.165) is 0 Å². The van der Waals surface area contributed by atoms with E-state index in [1.165, 1.54) is 0 Å². The molecule has 0 atom stereocenters. The van der Waals surface area contributed by atoms with Crippen LogP contribution in [0.4, 0.5) is 26.3 Å². The standard InChI is InChI=1S/C11H12F6O4/c1-5(2)9(10(12,13)14,11(15,16)17)21-8(20)6(3)4-7(18)19/h5H,3-4H2,1-2H3,(H,18,19). The molecule has 0 radical (unpaired) electrons. The molecule has 0 aliphatic rings. The molecule has 0 aromatic carbocycles. The Morgan fingerprint density at radius 3 is 1.71 bits per heavy atom. The van der Waals surface area contributed by atoms with E-state index in [1.54, 1.807) is 0 Å². The maximum absolute atomic E-state index is 12.9. The van der Waals surface area contributed by atoms with Crippen molar-refractivity contribution < 1.29 is 45.8 Å². The number of alkyl halides is 6. The van der Waals surface area contributed by atoms with Crippen molar-refractivity contribution >= 4 is 11.9 Å². The monoisotopic (exact) mass is 322 g/mol. The maximum Gasteiger partial charge on any atom is 0.437 e. The predicted molar refractivity (Wildman–Crippen MR) is 57.2 cm³/mol. The summed E-state index contributed by atoms with van der Waals surface area (Å²) in [5, 5.41) is 8.35. The fourth-order valence-corrected chi connectivity index (χ4v) is 1.52. The molecule has 0 aliphatic heterocycles. The number of rotatable bonds is 5. The summed E-state index contributed by atoms with van der Waals surface area (Å²) in [5.41, 5.74) is -5.76. The van der Waals surface area contributed by atoms with Crippen LogP contribution in [0.25, 0.3) is 0 Å². The van der Waals surface area contributed by atoms with Crippen LogP contribution in [-0.4, -0.2) is 35.0 Å². The highest BCUT2D eigenvalue weighted by atomic mass is 19.4. The molecule has 10 heteroatoms. The van der Waals surface area contributed by atoms with Crippen LogP contribution < -0.4 is 0 Å². The van der Waals surface area contributed by atoms with Gasteiger partial charge in [-0.3, -0.25) is 4.79 Å². The molecule has 21 heavy (non-hydrogen) atoms. The Bertz CT molecular complexity index is 421. The third-order valence-electron chi connectivity index (χ3n) is 2.56. The zero-order chi connectivity index (χ0) is 17.2. The van der Waals surface area contributed by atoms with Gasteiger partial charge in [-0.2, -0.15) is 26.3 Å². The van der Waals surface area contributed by atoms with Crippen LogP contribution >= 0.6 is 0 Å². The molecule has 0 bridgehead atoms. The Morgan fingerprint density at radius 1 is 1.10 bits per heavy atom. The normalized spacial score (nSPS) is 13.2. The fraction of sp³-hybridized carbons (Fsp3) is 0.636. The third kappa shape index (κ3) is 3.88. The average Bonchev–Trinajstić information content (AvgIpc) is 2.19. The van der Waals surface area contributed by atoms with Gasteiger partial charge in [0.1, 0.15) is 0 Å². The van der Waals surface area contributed by atoms with E-state index in [1.807, 2.05) is 0 Å². The second-order valence-corrected chi connectivity index (χ2v) is 4.45. The topological polar surface area (TPSA) is 63.6 Å². The van der Waals surface area contributed by atoms with Crippen molar-refractivity contribution in [3.05, 3.63) is 12.2 Å². The van der Waals surface area contributed by atoms with Crippen LogP contribution in [0.3, 0.4) is 0 Å². The van der Waals surface area contributed by atoms with Gasteiger partial charge in [-0.1, -0.05) is 20.4 Å². The maximum atomic E-state index is 12.9. The van der Waals surface area contributed by atoms with E-state index in [2.05, 4.69) is 11.3 Å². The minimum atomic E-state index is -5.93. The van der Waals surface area contributed by atoms with Gasteiger partial charge in [0.25, 0.3) is 0 Å². The van der Waals surface area contributed by atoms with Crippen molar-refractivity contribution in [2.24, 2.45) is 5.92 Å². The number of carboxylic acid groups (broad SMARTS) is 1. The van der Waals surface area contributed by atoms with Crippen molar-refractivity contribution in [1.82, 2.24) is 0 Å². The smallest absolute Gasteiger partial charge is 0.437 e. The van der Waals surface area contributed by atoms with Gasteiger partial charge in [0.15, 0.2) is 0 Å². The molecular weight excluding hydrogens is 310 g/mol. The molecule has 0 saturated carbocycles. The molecule has 4 nitrogen and oxygen atoms in total. The van der Waals surface area contributed by atoms with Gasteiger partial charge in [0.05, 0.1) is 6.42 Å². The van der Waals surface area contributed by atoms with Crippen LogP contribution in [0, 0.1) is 5.92 Å². The summed E-state index contributed by atoms with van der Waals surface area (Å²) in [6.07, 6.45) is -13.0. The minimum Gasteiger partial charge on any atom is -0.481 e. The third-order valence-corrected chi connectivity index (χ3v) is 2.56. The zero-order valence-electron chi connectivity index (χ0n) is 10.9. The summed E-state index contributed by atoms with van der Waals surface area (Å²) in [5.74, 6) is -5.90. The van der Waals surface area contributed by atoms with E-state index in [0.29, 0.717) is 13.8 Å². The molecule has 0 rings (SSSR count). The zero-order valence-corrected chi connectivity index (χ0v) is 10.9. The summed E-state index contributed by atoms with van der Waals surface area (Å²) in [4.78, 5) is 21.6. The Labute approximate surface area is 115 Å². The Morgan fingerprint density at radius 2 is 1.48 bits per heavy atom. The lowest BCUT2D eigenvalue weighted by atomic mass is 9.88. The predicted octanol–water partition coefficient (Wildman–Crippen LogP) is 3.08. The molecule has 0 aromatic rings. The van der Waals surface area contributed by atoms with E-state index >= 15 is 0 Å². The first-order valence-electron chi connectivity index (χ1n) is 5.43. The summed E-state index contributed by atoms with van der Waals surface area (Å²) < 4.78 is 80.8. The van der Waals surface area contributed by atoms with Gasteiger partial charge < -0.3 is 9.84 Å². The van der Waals surface area contributed by atoms with Crippen LogP contribution in [0.5, 0.6) is 0 Å². The largest absolute Gasteiger partial charge is 0.481 e. The molecule has 1 N–H and O–H groups in total. The summed E-state index contributed by atoms with van der Waals surface area (Å²) >= 11 is 0. The summed E-state index contributed by atoms with van der Waals surface area (Å²) in [6, 6.07) is 0. The molecule has 0 fully saturated rings. The lowest BCUT2D eigenvalue weighted by Gasteiger charge is -2.39. The summed E-state index contributed by atoms with van der Waals surface area (Å²) in [6.45, 7) is 3.97. The molecule has 122 valence electrons. The number of carboxylic acids is 1. The lowest BCUT2D eigenvalue weighted by Crippen LogP contribution is -2.63. The number of esters is 1. The lowest BCUT2D eigenvalue weighted by molar-refractivity contribution is -0.382. The molecule has 0 aromatic heterocycles. The molecule has 0 spiro atoms. The number of carbonyl (C=O) groups is 2. The van der Waals surface area contributed by atoms with Gasteiger partial charge in [0, 0.05) is 11.5 Å². The second-order valence-electron chi connectivity index (χ2n) is 4.45. The van der Waals surface area contributed by atoms with Crippen molar-refractivity contribution in [3.63, 3.8) is 0 Å². The van der Waals surface area contributed by atoms with Crippen molar-refractivity contribution in [3.8, 4) is 0 Å². The number of carbonyl (C=O) groups excluding carboxylic acids is 1. The van der Waals surface area contributed by atoms with Gasteiger partial charge in [-0.25, -0.2) is 4.79 Å². The Balaban J connectivity index is 5.71. The molecule has 0 unspecified atom stereocenters. The highest BCUT2D eigenvalue weighted by molar-refractivity contribution is 5.93. The highest BCUT2D eigenvalue weighted by Crippen LogP contribution is 2.50. The van der Waals surface area contributed by atoms with E-state index in [9.17, 15) is 35.9 Å². The Hall–Kier alpha value is -1.74. The molecule has 0 aliphatic carbocycles. The number of hydrogen-bond acceptors (Lipinski definition) is 3. The minimum absolute atomic E-state index is 0.578. The number of hydrogen-bond donors (Lipinski definition) is 1. The number of halogens is 6. The SMILES string of the molecule is C=C(CC(=O)O)C(=O)OC(C(C)C)(C(F)(F)F)C(F)(F)F. The quantitative estimate of drug-likeness (QED) is 0.480. The van der Waals surface area contributed by atoms with Gasteiger partial charge in [-0.15, -0.1) is 0 Å². The molecule has 0 saturated heterocycles. The van der Waals surface area contributed by atoms with Crippen LogP contribution in [-0.2, 0) is 14.3 Å². The van der Waals surface area contributed by atoms with Gasteiger partial charge in [0.2, 0.25) is 0 Å². The van der Waals surface area contributed by atoms with Gasteiger partial charge in [-0.05, 0) is 0 Å². The van der Waals surface area contributed by atoms with E-state index in [-0.39, 0.29) is 0 Å². The van der Waals surface area contributed by atoms with Crippen LogP contribution in [0.2, 0.25) is 0 Å². The molecular formula is C11H12F6O4. The Kier molecular flexibility index (Phi) is 5.45. The first kappa shape index (κ1) is 19.3. The molecule has 0 heterocycles. The van der Waals surface area contributed by atoms with Crippen LogP contribution in [0.1, 0.15) is 20.3 Å². The first-order chi connectivity index (χ1) is 9.16. The van der Waals surface area contributed by atoms with Crippen LogP contribution in [0.15, 0.2) is 12.2 Å². The second kappa shape index (κ2) is 5.94. The van der Waals surface area contributed by atoms with E-state index in [4.69, 9.17) is 5.11 Å². The number of ether oxygens (including phenoxy) is 1. The number of aliphatic carboxylic acids is 1. The first-order valence-corrected chi connectivity index (χ1v) is 5.43. The van der Waals surface area contributed by atoms with Crippen molar-refractivity contribution in [1.29, 1.82) is 0 Å². The summed E-state index contributed by atoms with van der Waals surface area (Å²) in [7, 11) is 0. The average molecular weight is 322 g/mol. The van der Waals surface area contributed by atoms with Gasteiger partial charge >= 0.3 is 29.9 Å². The fourth-order valence-electron chi connectivity index (χ4n) is 1.52. The van der Waals surface area contributed by atoms with Crippen molar-refractivity contribution in [2.45, 2.75) is 38.2 Å².